The summed E-state index contributed by atoms with van der Waals surface area (Å²) in [7, 11) is 0. The molecule has 1 amide bonds. The molecule has 0 saturated heterocycles. The molecule has 3 nitrogen and oxygen atoms in total. The maximum absolute atomic E-state index is 13.6. The number of hydrazone groups is 1. The van der Waals surface area contributed by atoms with Crippen molar-refractivity contribution in [2.45, 2.75) is 25.3 Å². The number of amides is 1. The Morgan fingerprint density at radius 1 is 0.935 bits per heavy atom. The van der Waals surface area contributed by atoms with Crippen LogP contribution in [-0.4, -0.2) is 16.6 Å². The summed E-state index contributed by atoms with van der Waals surface area (Å²) in [5, 5.41) is 7.06. The van der Waals surface area contributed by atoms with E-state index in [1.807, 2.05) is 48.5 Å². The van der Waals surface area contributed by atoms with Gasteiger partial charge in [-0.05, 0) is 54.2 Å². The van der Waals surface area contributed by atoms with Crippen molar-refractivity contribution >= 4 is 29.3 Å². The van der Waals surface area contributed by atoms with Crippen LogP contribution in [0.2, 0.25) is 5.02 Å². The van der Waals surface area contributed by atoms with Crippen LogP contribution in [0.25, 0.3) is 6.08 Å². The Kier molecular flexibility index (Phi) is 5.44. The van der Waals surface area contributed by atoms with Gasteiger partial charge in [0.15, 0.2) is 0 Å². The lowest BCUT2D eigenvalue weighted by atomic mass is 9.77. The molecular weight excluding hydrogens is 404 g/mol. The van der Waals surface area contributed by atoms with Gasteiger partial charge >= 0.3 is 0 Å². The van der Waals surface area contributed by atoms with E-state index in [1.165, 1.54) is 5.57 Å². The third-order valence-corrected chi connectivity index (χ3v) is 6.43. The second-order valence-electron chi connectivity index (χ2n) is 8.05. The first-order chi connectivity index (χ1) is 15.2. The van der Waals surface area contributed by atoms with Crippen molar-refractivity contribution in [2.24, 2.45) is 11.0 Å². The van der Waals surface area contributed by atoms with E-state index in [0.717, 1.165) is 36.1 Å². The maximum Gasteiger partial charge on any atom is 0.276 e. The molecule has 1 aliphatic carbocycles. The zero-order valence-electron chi connectivity index (χ0n) is 17.1. The van der Waals surface area contributed by atoms with E-state index in [2.05, 4.69) is 30.3 Å². The highest BCUT2D eigenvalue weighted by atomic mass is 35.5. The number of benzene rings is 3. The van der Waals surface area contributed by atoms with E-state index < -0.39 is 0 Å². The van der Waals surface area contributed by atoms with Crippen molar-refractivity contribution in [3.05, 3.63) is 112 Å². The average molecular weight is 427 g/mol. The molecule has 1 aliphatic heterocycles. The molecule has 5 rings (SSSR count). The monoisotopic (exact) mass is 426 g/mol. The van der Waals surface area contributed by atoms with Crippen molar-refractivity contribution in [1.29, 1.82) is 0 Å². The number of carbonyl (C=O) groups is 1. The van der Waals surface area contributed by atoms with Crippen molar-refractivity contribution < 1.29 is 4.79 Å². The number of fused-ring (bicyclic) bond motifs is 1. The van der Waals surface area contributed by atoms with Crippen LogP contribution in [0.4, 0.5) is 0 Å². The van der Waals surface area contributed by atoms with Gasteiger partial charge in [-0.25, -0.2) is 5.01 Å². The number of rotatable bonds is 3. The van der Waals surface area contributed by atoms with Gasteiger partial charge in [-0.15, -0.1) is 0 Å². The summed E-state index contributed by atoms with van der Waals surface area (Å²) < 4.78 is 0. The molecule has 2 atom stereocenters. The minimum absolute atomic E-state index is 0.126. The molecule has 1 saturated carbocycles. The van der Waals surface area contributed by atoms with Gasteiger partial charge in [0, 0.05) is 5.92 Å². The van der Waals surface area contributed by atoms with Gasteiger partial charge in [0.1, 0.15) is 0 Å². The topological polar surface area (TPSA) is 32.7 Å². The van der Waals surface area contributed by atoms with Gasteiger partial charge in [-0.3, -0.25) is 4.79 Å². The fourth-order valence-electron chi connectivity index (χ4n) is 4.66. The molecule has 154 valence electrons. The summed E-state index contributed by atoms with van der Waals surface area (Å²) >= 11 is 6.37. The summed E-state index contributed by atoms with van der Waals surface area (Å²) in [6, 6.07) is 27.6. The normalized spacial score (nSPS) is 21.6. The number of allylic oxidation sites excluding steroid dienone is 1. The van der Waals surface area contributed by atoms with Crippen LogP contribution in [0, 0.1) is 5.92 Å². The third-order valence-electron chi connectivity index (χ3n) is 6.10. The third kappa shape index (κ3) is 3.82. The van der Waals surface area contributed by atoms with E-state index in [9.17, 15) is 4.79 Å². The predicted molar refractivity (Wildman–Crippen MR) is 126 cm³/mol. The second kappa shape index (κ2) is 8.52. The molecule has 0 bridgehead atoms. The Morgan fingerprint density at radius 2 is 1.61 bits per heavy atom. The molecule has 0 radical (unpaired) electrons. The van der Waals surface area contributed by atoms with Crippen LogP contribution in [0.1, 0.15) is 46.8 Å². The molecule has 3 aromatic rings. The van der Waals surface area contributed by atoms with E-state index in [4.69, 9.17) is 16.7 Å². The summed E-state index contributed by atoms with van der Waals surface area (Å²) in [4.78, 5) is 13.6. The van der Waals surface area contributed by atoms with Gasteiger partial charge in [0.25, 0.3) is 5.91 Å². The first-order valence-corrected chi connectivity index (χ1v) is 11.1. The van der Waals surface area contributed by atoms with Gasteiger partial charge in [-0.1, -0.05) is 84.4 Å². The maximum atomic E-state index is 13.6. The Morgan fingerprint density at radius 3 is 2.35 bits per heavy atom. The molecule has 4 heteroatoms. The highest BCUT2D eigenvalue weighted by Gasteiger charge is 2.44. The summed E-state index contributed by atoms with van der Waals surface area (Å²) in [5.41, 5.74) is 5.00. The number of halogens is 1. The minimum atomic E-state index is -0.152. The number of carbonyl (C=O) groups excluding carboxylic acids is 1. The Balaban J connectivity index is 1.59. The van der Waals surface area contributed by atoms with Gasteiger partial charge in [-0.2, -0.15) is 5.10 Å². The highest BCUT2D eigenvalue weighted by molar-refractivity contribution is 6.33. The standard InChI is InChI=1S/C27H23ClN2O/c28-24-17-8-7-15-22(24)27(31)30-26(20-12-5-2-6-13-20)23-16-9-14-21(25(23)29-30)18-19-10-3-1-4-11-19/h1-8,10-13,15,17-18,23,26H,9,14,16H2/b21-18+. The molecule has 2 aliphatic rings. The summed E-state index contributed by atoms with van der Waals surface area (Å²) in [5.74, 6) is 0.0259. The summed E-state index contributed by atoms with van der Waals surface area (Å²) in [6.07, 6.45) is 5.28. The Bertz CT molecular complexity index is 1150. The van der Waals surface area contributed by atoms with Gasteiger partial charge in [0.2, 0.25) is 0 Å². The van der Waals surface area contributed by atoms with Crippen molar-refractivity contribution in [3.8, 4) is 0 Å². The van der Waals surface area contributed by atoms with E-state index in [0.29, 0.717) is 10.6 Å². The average Bonchev–Trinajstić information content (AvgIpc) is 3.21. The minimum Gasteiger partial charge on any atom is -0.267 e. The molecular formula is C27H23ClN2O. The fraction of sp³-hybridized carbons (Fsp3) is 0.185. The molecule has 2 unspecified atom stereocenters. The van der Waals surface area contributed by atoms with Crippen LogP contribution in [0.3, 0.4) is 0 Å². The molecule has 1 heterocycles. The Hall–Kier alpha value is -3.17. The van der Waals surface area contributed by atoms with Crippen molar-refractivity contribution in [2.75, 3.05) is 0 Å². The lowest BCUT2D eigenvalue weighted by molar-refractivity contribution is 0.0681. The molecule has 1 fully saturated rings. The quantitative estimate of drug-likeness (QED) is 0.454. The largest absolute Gasteiger partial charge is 0.276 e. The first-order valence-electron chi connectivity index (χ1n) is 10.7. The SMILES string of the molecule is O=C(c1ccccc1Cl)N1N=C2/C(=C/c3ccccc3)CCCC2C1c1ccccc1. The number of hydrogen-bond acceptors (Lipinski definition) is 2. The smallest absolute Gasteiger partial charge is 0.267 e. The van der Waals surface area contributed by atoms with E-state index in [-0.39, 0.29) is 17.9 Å². The highest BCUT2D eigenvalue weighted by Crippen LogP contribution is 2.45. The molecule has 0 aromatic heterocycles. The van der Waals surface area contributed by atoms with E-state index in [1.54, 1.807) is 17.1 Å². The molecule has 3 aromatic carbocycles. The lowest BCUT2D eigenvalue weighted by Gasteiger charge is -2.29. The molecule has 0 N–H and O–H groups in total. The van der Waals surface area contributed by atoms with Crippen LogP contribution in [0.5, 0.6) is 0 Å². The van der Waals surface area contributed by atoms with Crippen molar-refractivity contribution in [3.63, 3.8) is 0 Å². The molecule has 31 heavy (non-hydrogen) atoms. The fourth-order valence-corrected chi connectivity index (χ4v) is 4.88. The molecule has 0 spiro atoms. The van der Waals surface area contributed by atoms with Crippen molar-refractivity contribution in [1.82, 2.24) is 5.01 Å². The van der Waals surface area contributed by atoms with Crippen LogP contribution in [-0.2, 0) is 0 Å². The van der Waals surface area contributed by atoms with Crippen LogP contribution >= 0.6 is 11.6 Å². The van der Waals surface area contributed by atoms with Gasteiger partial charge < -0.3 is 0 Å². The summed E-state index contributed by atoms with van der Waals surface area (Å²) in [6.45, 7) is 0. The van der Waals surface area contributed by atoms with Crippen LogP contribution in [0.15, 0.2) is 95.6 Å². The number of hydrogen-bond donors (Lipinski definition) is 0. The number of nitrogens with zero attached hydrogens (tertiary/aromatic N) is 2. The van der Waals surface area contributed by atoms with Gasteiger partial charge in [0.05, 0.1) is 22.3 Å². The zero-order chi connectivity index (χ0) is 21.2. The second-order valence-corrected chi connectivity index (χ2v) is 8.46. The predicted octanol–water partition coefficient (Wildman–Crippen LogP) is 6.78. The lowest BCUT2D eigenvalue weighted by Crippen LogP contribution is -2.32. The first kappa shape index (κ1) is 19.8. The Labute approximate surface area is 187 Å². The van der Waals surface area contributed by atoms with Crippen LogP contribution < -0.4 is 0 Å². The zero-order valence-corrected chi connectivity index (χ0v) is 17.9. The van der Waals surface area contributed by atoms with E-state index >= 15 is 0 Å².